The number of nitrogens with one attached hydrogen (secondary N) is 1. The van der Waals surface area contributed by atoms with Crippen LogP contribution < -0.4 is 4.72 Å². The Bertz CT molecular complexity index is 1170. The van der Waals surface area contributed by atoms with Gasteiger partial charge < -0.3 is 0 Å². The molecule has 0 radical (unpaired) electrons. The molecule has 0 aliphatic carbocycles. The van der Waals surface area contributed by atoms with Crippen LogP contribution in [0.15, 0.2) is 66.3 Å². The Morgan fingerprint density at radius 3 is 2.54 bits per heavy atom. The van der Waals surface area contributed by atoms with Crippen LogP contribution in [-0.4, -0.2) is 33.2 Å². The van der Waals surface area contributed by atoms with Gasteiger partial charge >= 0.3 is 0 Å². The molecule has 4 aromatic rings. The lowest BCUT2D eigenvalue weighted by Crippen LogP contribution is -2.14. The molecule has 0 bridgehead atoms. The number of pyridine rings is 1. The lowest BCUT2D eigenvalue weighted by Gasteiger charge is -2.10. The van der Waals surface area contributed by atoms with Crippen molar-refractivity contribution < 1.29 is 8.42 Å². The van der Waals surface area contributed by atoms with E-state index in [-0.39, 0.29) is 4.90 Å². The van der Waals surface area contributed by atoms with E-state index < -0.39 is 10.0 Å². The van der Waals surface area contributed by atoms with Crippen LogP contribution in [0, 0.1) is 0 Å². The van der Waals surface area contributed by atoms with Gasteiger partial charge in [-0.3, -0.25) is 14.4 Å². The second kappa shape index (κ2) is 6.19. The zero-order chi connectivity index (χ0) is 18.1. The van der Waals surface area contributed by atoms with Gasteiger partial charge in [0.1, 0.15) is 11.2 Å². The second-order valence-corrected chi connectivity index (χ2v) is 7.31. The van der Waals surface area contributed by atoms with Gasteiger partial charge in [-0.2, -0.15) is 5.10 Å². The van der Waals surface area contributed by atoms with Gasteiger partial charge in [-0.15, -0.1) is 0 Å². The number of aryl methyl sites for hydroxylation is 1. The molecule has 0 fully saturated rings. The standard InChI is InChI=1S/C17H14N6O2S/c1-23-17-12(9-21-23)3-2-4-16(17)22-26(24,25)14-5-6-15(20-10-14)13-7-18-11-19-8-13/h2-11,22H,1H3. The summed E-state index contributed by atoms with van der Waals surface area (Å²) in [6, 6.07) is 8.47. The van der Waals surface area contributed by atoms with Crippen LogP contribution in [-0.2, 0) is 17.1 Å². The largest absolute Gasteiger partial charge is 0.277 e. The van der Waals surface area contributed by atoms with Gasteiger partial charge in [0.25, 0.3) is 10.0 Å². The molecule has 3 aromatic heterocycles. The van der Waals surface area contributed by atoms with E-state index in [1.54, 1.807) is 48.5 Å². The first-order valence-electron chi connectivity index (χ1n) is 7.69. The average Bonchev–Trinajstić information content (AvgIpc) is 3.04. The first-order chi connectivity index (χ1) is 12.5. The third-order valence-corrected chi connectivity index (χ3v) is 5.26. The first-order valence-corrected chi connectivity index (χ1v) is 9.18. The zero-order valence-corrected chi connectivity index (χ0v) is 14.6. The summed E-state index contributed by atoms with van der Waals surface area (Å²) in [6.45, 7) is 0. The third-order valence-electron chi connectivity index (χ3n) is 3.91. The van der Waals surface area contributed by atoms with Crippen molar-refractivity contribution in [3.05, 3.63) is 61.4 Å². The fraction of sp³-hybridized carbons (Fsp3) is 0.0588. The number of benzene rings is 1. The van der Waals surface area contributed by atoms with Crippen molar-refractivity contribution in [2.75, 3.05) is 4.72 Å². The second-order valence-electron chi connectivity index (χ2n) is 5.62. The van der Waals surface area contributed by atoms with Gasteiger partial charge in [0.2, 0.25) is 0 Å². The summed E-state index contributed by atoms with van der Waals surface area (Å²) in [5.41, 5.74) is 2.48. The number of fused-ring (bicyclic) bond motifs is 1. The SMILES string of the molecule is Cn1ncc2cccc(NS(=O)(=O)c3ccc(-c4cncnc4)nc3)c21. The van der Waals surface area contributed by atoms with Crippen molar-refractivity contribution in [3.63, 3.8) is 0 Å². The molecule has 0 spiro atoms. The maximum absolute atomic E-state index is 12.7. The van der Waals surface area contributed by atoms with Crippen molar-refractivity contribution in [2.45, 2.75) is 4.90 Å². The fourth-order valence-corrected chi connectivity index (χ4v) is 3.67. The molecule has 4 rings (SSSR count). The number of anilines is 1. The van der Waals surface area contributed by atoms with Crippen molar-refractivity contribution in [1.29, 1.82) is 0 Å². The predicted octanol–water partition coefficient (Wildman–Crippen LogP) is 2.23. The summed E-state index contributed by atoms with van der Waals surface area (Å²) in [7, 11) is -2.02. The molecular formula is C17H14N6O2S. The quantitative estimate of drug-likeness (QED) is 0.594. The van der Waals surface area contributed by atoms with Crippen molar-refractivity contribution in [1.82, 2.24) is 24.7 Å². The minimum absolute atomic E-state index is 0.0669. The molecule has 26 heavy (non-hydrogen) atoms. The maximum Gasteiger partial charge on any atom is 0.263 e. The first kappa shape index (κ1) is 16.2. The smallest absolute Gasteiger partial charge is 0.263 e. The van der Waals surface area contributed by atoms with Gasteiger partial charge in [0, 0.05) is 36.6 Å². The molecule has 0 saturated carbocycles. The molecule has 0 aliphatic rings. The van der Waals surface area contributed by atoms with Crippen LogP contribution >= 0.6 is 0 Å². The Balaban J connectivity index is 1.67. The van der Waals surface area contributed by atoms with E-state index in [9.17, 15) is 8.42 Å². The minimum atomic E-state index is -3.78. The van der Waals surface area contributed by atoms with E-state index in [4.69, 9.17) is 0 Å². The zero-order valence-electron chi connectivity index (χ0n) is 13.7. The fourth-order valence-electron chi connectivity index (χ4n) is 2.66. The predicted molar refractivity (Wildman–Crippen MR) is 96.8 cm³/mol. The number of sulfonamides is 1. The molecule has 3 heterocycles. The third kappa shape index (κ3) is 2.88. The van der Waals surface area contributed by atoms with Crippen LogP contribution in [0.2, 0.25) is 0 Å². The lowest BCUT2D eigenvalue weighted by molar-refractivity contribution is 0.601. The minimum Gasteiger partial charge on any atom is -0.277 e. The molecule has 0 saturated heterocycles. The van der Waals surface area contributed by atoms with E-state index in [1.165, 1.54) is 18.6 Å². The maximum atomic E-state index is 12.7. The van der Waals surface area contributed by atoms with Crippen molar-refractivity contribution >= 4 is 26.6 Å². The van der Waals surface area contributed by atoms with E-state index >= 15 is 0 Å². The van der Waals surface area contributed by atoms with Crippen LogP contribution in [0.25, 0.3) is 22.2 Å². The monoisotopic (exact) mass is 366 g/mol. The van der Waals surface area contributed by atoms with Crippen molar-refractivity contribution in [3.8, 4) is 11.3 Å². The molecule has 8 nitrogen and oxygen atoms in total. The van der Waals surface area contributed by atoms with E-state index in [0.717, 1.165) is 5.39 Å². The Labute approximate surface area is 149 Å². The van der Waals surface area contributed by atoms with Crippen LogP contribution in [0.3, 0.4) is 0 Å². The number of rotatable bonds is 4. The summed E-state index contributed by atoms with van der Waals surface area (Å²) in [4.78, 5) is 12.1. The summed E-state index contributed by atoms with van der Waals surface area (Å²) in [6.07, 6.45) is 7.65. The van der Waals surface area contributed by atoms with Gasteiger partial charge in [0.05, 0.1) is 23.1 Å². The lowest BCUT2D eigenvalue weighted by atomic mass is 10.2. The average molecular weight is 366 g/mol. The molecule has 0 unspecified atom stereocenters. The van der Waals surface area contributed by atoms with E-state index in [1.807, 2.05) is 6.07 Å². The molecule has 0 amide bonds. The molecule has 1 N–H and O–H groups in total. The molecule has 1 aromatic carbocycles. The Morgan fingerprint density at radius 2 is 1.81 bits per heavy atom. The van der Waals surface area contributed by atoms with E-state index in [2.05, 4.69) is 24.8 Å². The summed E-state index contributed by atoms with van der Waals surface area (Å²) < 4.78 is 29.7. The van der Waals surface area contributed by atoms with Crippen molar-refractivity contribution in [2.24, 2.45) is 7.05 Å². The molecule has 0 atom stereocenters. The van der Waals surface area contributed by atoms with Gasteiger partial charge in [-0.05, 0) is 18.2 Å². The number of nitrogens with zero attached hydrogens (tertiary/aromatic N) is 5. The number of para-hydroxylation sites is 1. The number of aromatic nitrogens is 5. The summed E-state index contributed by atoms with van der Waals surface area (Å²) in [5.74, 6) is 0. The van der Waals surface area contributed by atoms with Gasteiger partial charge in [-0.25, -0.2) is 18.4 Å². The normalized spacial score (nSPS) is 11.6. The highest BCUT2D eigenvalue weighted by molar-refractivity contribution is 7.92. The number of hydrogen-bond acceptors (Lipinski definition) is 6. The molecule has 0 aliphatic heterocycles. The highest BCUT2D eigenvalue weighted by Crippen LogP contribution is 2.25. The topological polar surface area (TPSA) is 103 Å². The molecule has 130 valence electrons. The number of hydrogen-bond donors (Lipinski definition) is 1. The molecule has 9 heteroatoms. The van der Waals surface area contributed by atoms with Crippen LogP contribution in [0.4, 0.5) is 5.69 Å². The highest BCUT2D eigenvalue weighted by atomic mass is 32.2. The highest BCUT2D eigenvalue weighted by Gasteiger charge is 2.17. The van der Waals surface area contributed by atoms with Gasteiger partial charge in [0.15, 0.2) is 0 Å². The summed E-state index contributed by atoms with van der Waals surface area (Å²) in [5, 5.41) is 5.01. The van der Waals surface area contributed by atoms with Crippen LogP contribution in [0.5, 0.6) is 0 Å². The summed E-state index contributed by atoms with van der Waals surface area (Å²) >= 11 is 0. The Hall–Kier alpha value is -3.33. The Kier molecular flexibility index (Phi) is 3.85. The van der Waals surface area contributed by atoms with E-state index in [0.29, 0.717) is 22.5 Å². The van der Waals surface area contributed by atoms with Crippen LogP contribution in [0.1, 0.15) is 0 Å². The Morgan fingerprint density at radius 1 is 1.00 bits per heavy atom. The molecular weight excluding hydrogens is 352 g/mol. The van der Waals surface area contributed by atoms with Gasteiger partial charge in [-0.1, -0.05) is 12.1 Å².